The van der Waals surface area contributed by atoms with E-state index in [0.29, 0.717) is 6.04 Å². The highest BCUT2D eigenvalue weighted by Crippen LogP contribution is 2.24. The van der Waals surface area contributed by atoms with E-state index in [1.54, 1.807) is 11.3 Å². The predicted molar refractivity (Wildman–Crippen MR) is 76.9 cm³/mol. The Bertz CT molecular complexity index is 309. The molecular formula is C13H25N3S. The Labute approximate surface area is 109 Å². The van der Waals surface area contributed by atoms with Crippen LogP contribution in [0.3, 0.4) is 0 Å². The Morgan fingerprint density at radius 1 is 1.41 bits per heavy atom. The van der Waals surface area contributed by atoms with Gasteiger partial charge in [-0.25, -0.2) is 4.98 Å². The third-order valence-corrected chi connectivity index (χ3v) is 3.80. The quantitative estimate of drug-likeness (QED) is 0.723. The topological polar surface area (TPSA) is 28.2 Å². The molecule has 0 radical (unpaired) electrons. The monoisotopic (exact) mass is 255 g/mol. The zero-order valence-corrected chi connectivity index (χ0v) is 12.3. The van der Waals surface area contributed by atoms with Crippen LogP contribution in [-0.2, 0) is 6.54 Å². The Morgan fingerprint density at radius 3 is 2.76 bits per heavy atom. The lowest BCUT2D eigenvalue weighted by Crippen LogP contribution is -2.31. The van der Waals surface area contributed by atoms with Crippen molar-refractivity contribution in [3.63, 3.8) is 0 Å². The fraction of sp³-hybridized carbons (Fsp3) is 0.769. The van der Waals surface area contributed by atoms with Crippen LogP contribution in [0.1, 0.15) is 44.9 Å². The molecule has 0 spiro atoms. The Hall–Kier alpha value is -0.610. The second kappa shape index (κ2) is 7.67. The first-order chi connectivity index (χ1) is 8.19. The van der Waals surface area contributed by atoms with E-state index in [1.165, 1.54) is 29.3 Å². The Balaban J connectivity index is 2.61. The van der Waals surface area contributed by atoms with E-state index in [1.807, 2.05) is 13.2 Å². The number of hydrogen-bond donors (Lipinski definition) is 1. The van der Waals surface area contributed by atoms with Gasteiger partial charge in [0.15, 0.2) is 5.13 Å². The summed E-state index contributed by atoms with van der Waals surface area (Å²) in [5.41, 5.74) is 0. The molecule has 0 unspecified atom stereocenters. The smallest absolute Gasteiger partial charge is 0.185 e. The fourth-order valence-corrected chi connectivity index (χ4v) is 2.87. The Morgan fingerprint density at radius 2 is 2.18 bits per heavy atom. The fourth-order valence-electron chi connectivity index (χ4n) is 1.79. The summed E-state index contributed by atoms with van der Waals surface area (Å²) in [6.07, 6.45) is 5.83. The number of thiazole rings is 1. The first-order valence-corrected chi connectivity index (χ1v) is 7.36. The number of aromatic nitrogens is 1. The summed E-state index contributed by atoms with van der Waals surface area (Å²) in [7, 11) is 1.97. The molecule has 0 aliphatic heterocycles. The van der Waals surface area contributed by atoms with Crippen LogP contribution in [0.4, 0.5) is 5.13 Å². The zero-order chi connectivity index (χ0) is 12.7. The largest absolute Gasteiger partial charge is 0.346 e. The minimum Gasteiger partial charge on any atom is -0.346 e. The average molecular weight is 255 g/mol. The highest BCUT2D eigenvalue weighted by molar-refractivity contribution is 7.15. The third-order valence-electron chi connectivity index (χ3n) is 2.76. The molecule has 0 aliphatic carbocycles. The summed E-state index contributed by atoms with van der Waals surface area (Å²) in [6.45, 7) is 8.76. The average Bonchev–Trinajstić information content (AvgIpc) is 2.73. The number of rotatable bonds is 8. The van der Waals surface area contributed by atoms with Gasteiger partial charge in [-0.2, -0.15) is 0 Å². The van der Waals surface area contributed by atoms with Gasteiger partial charge < -0.3 is 10.2 Å². The van der Waals surface area contributed by atoms with Crippen LogP contribution >= 0.6 is 11.3 Å². The molecule has 0 bridgehead atoms. The van der Waals surface area contributed by atoms with Crippen molar-refractivity contribution in [3.8, 4) is 0 Å². The van der Waals surface area contributed by atoms with Crippen molar-refractivity contribution < 1.29 is 0 Å². The molecule has 1 aromatic rings. The van der Waals surface area contributed by atoms with E-state index in [4.69, 9.17) is 0 Å². The molecule has 3 nitrogen and oxygen atoms in total. The maximum Gasteiger partial charge on any atom is 0.185 e. The van der Waals surface area contributed by atoms with Crippen LogP contribution in [0.2, 0.25) is 0 Å². The molecule has 1 aromatic heterocycles. The van der Waals surface area contributed by atoms with Crippen LogP contribution in [-0.4, -0.2) is 24.6 Å². The van der Waals surface area contributed by atoms with E-state index in [0.717, 1.165) is 13.1 Å². The van der Waals surface area contributed by atoms with Crippen LogP contribution in [0.25, 0.3) is 0 Å². The summed E-state index contributed by atoms with van der Waals surface area (Å²) in [4.78, 5) is 8.26. The van der Waals surface area contributed by atoms with Crippen molar-refractivity contribution in [1.82, 2.24) is 10.3 Å². The minimum atomic E-state index is 0.528. The van der Waals surface area contributed by atoms with Gasteiger partial charge in [-0.3, -0.25) is 0 Å². The molecular weight excluding hydrogens is 230 g/mol. The lowest BCUT2D eigenvalue weighted by atomic mass is 10.2. The van der Waals surface area contributed by atoms with Crippen molar-refractivity contribution in [2.24, 2.45) is 0 Å². The molecule has 1 N–H and O–H groups in total. The normalized spacial score (nSPS) is 11.1. The summed E-state index contributed by atoms with van der Waals surface area (Å²) >= 11 is 1.80. The highest BCUT2D eigenvalue weighted by Gasteiger charge is 2.13. The number of nitrogens with zero attached hydrogens (tertiary/aromatic N) is 2. The minimum absolute atomic E-state index is 0.528. The van der Waals surface area contributed by atoms with Crippen molar-refractivity contribution in [3.05, 3.63) is 11.1 Å². The van der Waals surface area contributed by atoms with Crippen LogP contribution in [0.15, 0.2) is 6.20 Å². The number of nitrogens with one attached hydrogen (secondary N) is 1. The van der Waals surface area contributed by atoms with E-state index in [2.05, 4.69) is 36.0 Å². The molecule has 1 heterocycles. The van der Waals surface area contributed by atoms with Gasteiger partial charge in [-0.1, -0.05) is 19.8 Å². The number of unbranched alkanes of at least 4 members (excludes halogenated alkanes) is 2. The SMILES string of the molecule is CCCCCN(c1ncc(CNC)s1)C(C)C. The van der Waals surface area contributed by atoms with Crippen LogP contribution in [0.5, 0.6) is 0 Å². The van der Waals surface area contributed by atoms with Crippen molar-refractivity contribution in [2.45, 2.75) is 52.6 Å². The van der Waals surface area contributed by atoms with Gasteiger partial charge in [0.25, 0.3) is 0 Å². The standard InChI is InChI=1S/C13H25N3S/c1-5-6-7-8-16(11(2)3)13-15-10-12(17-13)9-14-4/h10-11,14H,5-9H2,1-4H3. The first-order valence-electron chi connectivity index (χ1n) is 6.55. The summed E-state index contributed by atoms with van der Waals surface area (Å²) in [5.74, 6) is 0. The van der Waals surface area contributed by atoms with Gasteiger partial charge in [0.1, 0.15) is 0 Å². The predicted octanol–water partition coefficient (Wildman–Crippen LogP) is 3.27. The number of anilines is 1. The molecule has 0 amide bonds. The number of hydrogen-bond acceptors (Lipinski definition) is 4. The van der Waals surface area contributed by atoms with Crippen LogP contribution in [0, 0.1) is 0 Å². The molecule has 98 valence electrons. The molecule has 0 fully saturated rings. The molecule has 0 saturated heterocycles. The third kappa shape index (κ3) is 4.64. The molecule has 0 aliphatic rings. The van der Waals surface area contributed by atoms with Gasteiger partial charge in [0.05, 0.1) is 0 Å². The van der Waals surface area contributed by atoms with Gasteiger partial charge in [-0.15, -0.1) is 11.3 Å². The molecule has 1 rings (SSSR count). The summed E-state index contributed by atoms with van der Waals surface area (Å²) < 4.78 is 0. The van der Waals surface area contributed by atoms with Crippen LogP contribution < -0.4 is 10.2 Å². The molecule has 4 heteroatoms. The molecule has 0 aromatic carbocycles. The van der Waals surface area contributed by atoms with Gasteiger partial charge in [0, 0.05) is 30.2 Å². The van der Waals surface area contributed by atoms with E-state index < -0.39 is 0 Å². The molecule has 0 saturated carbocycles. The van der Waals surface area contributed by atoms with Gasteiger partial charge in [-0.05, 0) is 27.3 Å². The van der Waals surface area contributed by atoms with Crippen molar-refractivity contribution >= 4 is 16.5 Å². The van der Waals surface area contributed by atoms with E-state index in [-0.39, 0.29) is 0 Å². The lowest BCUT2D eigenvalue weighted by Gasteiger charge is -2.26. The van der Waals surface area contributed by atoms with Gasteiger partial charge in [0.2, 0.25) is 0 Å². The summed E-state index contributed by atoms with van der Waals surface area (Å²) in [6, 6.07) is 0.528. The summed E-state index contributed by atoms with van der Waals surface area (Å²) in [5, 5.41) is 4.34. The maximum absolute atomic E-state index is 4.54. The maximum atomic E-state index is 4.54. The molecule has 17 heavy (non-hydrogen) atoms. The lowest BCUT2D eigenvalue weighted by molar-refractivity contribution is 0.624. The molecule has 0 atom stereocenters. The van der Waals surface area contributed by atoms with Gasteiger partial charge >= 0.3 is 0 Å². The second-order valence-electron chi connectivity index (χ2n) is 4.63. The highest BCUT2D eigenvalue weighted by atomic mass is 32.1. The van der Waals surface area contributed by atoms with Crippen molar-refractivity contribution in [1.29, 1.82) is 0 Å². The van der Waals surface area contributed by atoms with E-state index in [9.17, 15) is 0 Å². The van der Waals surface area contributed by atoms with E-state index >= 15 is 0 Å². The van der Waals surface area contributed by atoms with Crippen molar-refractivity contribution in [2.75, 3.05) is 18.5 Å². The second-order valence-corrected chi connectivity index (χ2v) is 5.73. The first kappa shape index (κ1) is 14.5. The zero-order valence-electron chi connectivity index (χ0n) is 11.5. The Kier molecular flexibility index (Phi) is 6.52.